The summed E-state index contributed by atoms with van der Waals surface area (Å²) in [5.41, 5.74) is -0.0416. The van der Waals surface area contributed by atoms with Gasteiger partial charge in [-0.25, -0.2) is 4.39 Å². The van der Waals surface area contributed by atoms with Crippen molar-refractivity contribution in [3.63, 3.8) is 0 Å². The zero-order chi connectivity index (χ0) is 25.6. The highest BCUT2D eigenvalue weighted by atomic mass is 19.4. The molecule has 35 heavy (non-hydrogen) atoms. The van der Waals surface area contributed by atoms with Crippen LogP contribution in [0.1, 0.15) is 27.0 Å². The molecule has 0 saturated carbocycles. The molecule has 0 aliphatic rings. The normalized spacial score (nSPS) is 11.1. The Morgan fingerprint density at radius 3 is 2.31 bits per heavy atom. The summed E-state index contributed by atoms with van der Waals surface area (Å²) in [6.07, 6.45) is -3.20. The summed E-state index contributed by atoms with van der Waals surface area (Å²) in [7, 11) is 0. The highest BCUT2D eigenvalue weighted by Crippen LogP contribution is 2.38. The van der Waals surface area contributed by atoms with Gasteiger partial charge in [0, 0.05) is 5.56 Å². The number of phenols is 1. The van der Waals surface area contributed by atoms with Gasteiger partial charge in [-0.05, 0) is 34.9 Å². The van der Waals surface area contributed by atoms with Gasteiger partial charge in [-0.1, -0.05) is 49.1 Å². The summed E-state index contributed by atoms with van der Waals surface area (Å²) in [4.78, 5) is 22.9. The number of aromatic hydroxyl groups is 1. The number of esters is 1. The molecular weight excluding hydrogens is 468 g/mol. The lowest BCUT2D eigenvalue weighted by Gasteiger charge is -2.14. The summed E-state index contributed by atoms with van der Waals surface area (Å²) < 4.78 is 63.7. The smallest absolute Gasteiger partial charge is 0.419 e. The van der Waals surface area contributed by atoms with E-state index in [0.717, 1.165) is 6.07 Å². The third kappa shape index (κ3) is 6.26. The average molecular weight is 488 g/mol. The molecule has 0 spiro atoms. The monoisotopic (exact) mass is 488 g/mol. The van der Waals surface area contributed by atoms with Crippen LogP contribution in [0.5, 0.6) is 11.5 Å². The molecule has 0 aliphatic carbocycles. The number of alkyl halides is 3. The van der Waals surface area contributed by atoms with Crippen LogP contribution in [0, 0.1) is 5.82 Å². The molecule has 0 fully saturated rings. The summed E-state index contributed by atoms with van der Waals surface area (Å²) in [6.45, 7) is 3.16. The van der Waals surface area contributed by atoms with Gasteiger partial charge in [0.1, 0.15) is 19.0 Å². The summed E-state index contributed by atoms with van der Waals surface area (Å²) in [5, 5.41) is 9.81. The highest BCUT2D eigenvalue weighted by Gasteiger charge is 2.35. The van der Waals surface area contributed by atoms with E-state index in [0.29, 0.717) is 22.8 Å². The van der Waals surface area contributed by atoms with E-state index in [-0.39, 0.29) is 30.6 Å². The second-order valence-corrected chi connectivity index (χ2v) is 7.43. The van der Waals surface area contributed by atoms with E-state index in [1.54, 1.807) is 30.3 Å². The first-order chi connectivity index (χ1) is 16.6. The first-order valence-electron chi connectivity index (χ1n) is 10.3. The Labute approximate surface area is 198 Å². The molecule has 9 heteroatoms. The van der Waals surface area contributed by atoms with Crippen LogP contribution in [0.2, 0.25) is 0 Å². The molecule has 5 nitrogen and oxygen atoms in total. The van der Waals surface area contributed by atoms with Crippen molar-refractivity contribution in [1.29, 1.82) is 0 Å². The molecule has 0 saturated heterocycles. The minimum Gasteiger partial charge on any atom is -0.507 e. The minimum absolute atomic E-state index is 0.0313. The van der Waals surface area contributed by atoms with E-state index in [9.17, 15) is 32.3 Å². The predicted molar refractivity (Wildman–Crippen MR) is 120 cm³/mol. The predicted octanol–water partition coefficient (Wildman–Crippen LogP) is 5.88. The van der Waals surface area contributed by atoms with Gasteiger partial charge in [-0.3, -0.25) is 9.59 Å². The van der Waals surface area contributed by atoms with E-state index in [2.05, 4.69) is 6.58 Å². The molecule has 182 valence electrons. The third-order valence-corrected chi connectivity index (χ3v) is 5.04. The fourth-order valence-electron chi connectivity index (χ4n) is 3.27. The van der Waals surface area contributed by atoms with Crippen molar-refractivity contribution >= 4 is 12.3 Å². The van der Waals surface area contributed by atoms with E-state index in [1.807, 2.05) is 0 Å². The number of aldehydes is 1. The molecule has 0 heterocycles. The number of rotatable bonds is 9. The Morgan fingerprint density at radius 1 is 1.03 bits per heavy atom. The molecular formula is C26H20F4O5. The van der Waals surface area contributed by atoms with Crippen LogP contribution in [0.15, 0.2) is 67.3 Å². The second-order valence-electron chi connectivity index (χ2n) is 7.43. The molecule has 0 aliphatic heterocycles. The van der Waals surface area contributed by atoms with Gasteiger partial charge in [0.25, 0.3) is 0 Å². The number of carbonyl (C=O) groups excluding carboxylic acids is 2. The Kier molecular flexibility index (Phi) is 7.91. The Balaban J connectivity index is 1.71. The van der Waals surface area contributed by atoms with Crippen LogP contribution in [-0.4, -0.2) is 24.0 Å². The first kappa shape index (κ1) is 25.5. The molecule has 0 unspecified atom stereocenters. The third-order valence-electron chi connectivity index (χ3n) is 5.04. The standard InChI is InChI=1S/C26H20F4O5/c1-2-11-34-24(32)12-16-3-5-17(6-4-16)18-8-10-23(22(27)13-18)35-15-19-7-9-21(26(28,29)30)25(33)20(19)14-31/h2-10,13-14,33H,1,11-12,15H2. The van der Waals surface area contributed by atoms with Gasteiger partial charge in [-0.2, -0.15) is 13.2 Å². The number of carbonyl (C=O) groups is 2. The van der Waals surface area contributed by atoms with Gasteiger partial charge < -0.3 is 14.6 Å². The number of hydrogen-bond acceptors (Lipinski definition) is 5. The van der Waals surface area contributed by atoms with Gasteiger partial charge in [0.05, 0.1) is 17.5 Å². The van der Waals surface area contributed by atoms with Crippen molar-refractivity contribution in [2.24, 2.45) is 0 Å². The molecule has 0 bridgehead atoms. The SMILES string of the molecule is C=CCOC(=O)Cc1ccc(-c2ccc(OCc3ccc(C(F)(F)F)c(O)c3C=O)c(F)c2)cc1. The Morgan fingerprint density at radius 2 is 1.71 bits per heavy atom. The first-order valence-corrected chi connectivity index (χ1v) is 10.3. The van der Waals surface area contributed by atoms with E-state index in [1.165, 1.54) is 18.2 Å². The van der Waals surface area contributed by atoms with Crippen LogP contribution < -0.4 is 4.74 Å². The maximum atomic E-state index is 14.6. The second kappa shape index (κ2) is 10.9. The summed E-state index contributed by atoms with van der Waals surface area (Å²) in [5.74, 6) is -2.53. The fourth-order valence-corrected chi connectivity index (χ4v) is 3.27. The number of ether oxygens (including phenoxy) is 2. The van der Waals surface area contributed by atoms with Crippen LogP contribution in [0.4, 0.5) is 17.6 Å². The molecule has 0 atom stereocenters. The lowest BCUT2D eigenvalue weighted by Crippen LogP contribution is -2.09. The van der Waals surface area contributed by atoms with Crippen molar-refractivity contribution in [3.05, 3.63) is 95.3 Å². The zero-order valence-corrected chi connectivity index (χ0v) is 18.3. The number of hydrogen-bond donors (Lipinski definition) is 1. The van der Waals surface area contributed by atoms with Crippen molar-refractivity contribution < 1.29 is 41.7 Å². The molecule has 0 radical (unpaired) electrons. The fraction of sp³-hybridized carbons (Fsp3) is 0.154. The molecule has 0 amide bonds. The molecule has 1 N–H and O–H groups in total. The van der Waals surface area contributed by atoms with Crippen molar-refractivity contribution in [3.8, 4) is 22.6 Å². The van der Waals surface area contributed by atoms with Crippen molar-refractivity contribution in [2.45, 2.75) is 19.2 Å². The lowest BCUT2D eigenvalue weighted by molar-refractivity contribution is -0.141. The topological polar surface area (TPSA) is 72.8 Å². The van der Waals surface area contributed by atoms with Crippen LogP contribution in [-0.2, 0) is 28.7 Å². The molecule has 0 aromatic heterocycles. The van der Waals surface area contributed by atoms with E-state index >= 15 is 0 Å². The van der Waals surface area contributed by atoms with E-state index < -0.39 is 41.4 Å². The largest absolute Gasteiger partial charge is 0.507 e. The molecule has 3 rings (SSSR count). The van der Waals surface area contributed by atoms with Crippen molar-refractivity contribution in [1.82, 2.24) is 0 Å². The van der Waals surface area contributed by atoms with Crippen molar-refractivity contribution in [2.75, 3.05) is 6.61 Å². The quantitative estimate of drug-likeness (QED) is 0.176. The van der Waals surface area contributed by atoms with Crippen LogP contribution in [0.3, 0.4) is 0 Å². The van der Waals surface area contributed by atoms with Crippen LogP contribution >= 0.6 is 0 Å². The maximum Gasteiger partial charge on any atom is 0.419 e. The highest BCUT2D eigenvalue weighted by molar-refractivity contribution is 5.82. The molecule has 3 aromatic carbocycles. The van der Waals surface area contributed by atoms with Gasteiger partial charge >= 0.3 is 12.1 Å². The number of phenolic OH excluding ortho intramolecular Hbond substituents is 1. The summed E-state index contributed by atoms with van der Waals surface area (Å²) in [6, 6.07) is 12.6. The van der Waals surface area contributed by atoms with E-state index in [4.69, 9.17) is 9.47 Å². The Hall–Kier alpha value is -4.14. The Bertz CT molecular complexity index is 1230. The maximum absolute atomic E-state index is 14.6. The number of benzene rings is 3. The number of halogens is 4. The van der Waals surface area contributed by atoms with Gasteiger partial charge in [0.2, 0.25) is 0 Å². The zero-order valence-electron chi connectivity index (χ0n) is 18.3. The minimum atomic E-state index is -4.84. The molecule has 3 aromatic rings. The van der Waals surface area contributed by atoms with Gasteiger partial charge in [-0.15, -0.1) is 0 Å². The van der Waals surface area contributed by atoms with Crippen LogP contribution in [0.25, 0.3) is 11.1 Å². The summed E-state index contributed by atoms with van der Waals surface area (Å²) >= 11 is 0. The lowest BCUT2D eigenvalue weighted by atomic mass is 10.0. The average Bonchev–Trinajstić information content (AvgIpc) is 2.81. The van der Waals surface area contributed by atoms with Gasteiger partial charge in [0.15, 0.2) is 17.9 Å².